The summed E-state index contributed by atoms with van der Waals surface area (Å²) in [5, 5.41) is 0. The Morgan fingerprint density at radius 3 is 2.58 bits per heavy atom. The van der Waals surface area contributed by atoms with Crippen molar-refractivity contribution in [3.63, 3.8) is 0 Å². The molecule has 0 bridgehead atoms. The molecule has 1 aliphatic carbocycles. The van der Waals surface area contributed by atoms with Gasteiger partial charge in [0.25, 0.3) is 0 Å². The van der Waals surface area contributed by atoms with Crippen molar-refractivity contribution in [1.82, 2.24) is 0 Å². The number of ether oxygens (including phenoxy) is 2. The molecule has 0 radical (unpaired) electrons. The van der Waals surface area contributed by atoms with Crippen LogP contribution in [0.25, 0.3) is 0 Å². The number of halogens is 3. The monoisotopic (exact) mass is 291 g/mol. The molecule has 2 aliphatic rings. The Labute approximate surface area is 116 Å². The van der Waals surface area contributed by atoms with Crippen molar-refractivity contribution >= 4 is 12.4 Å². The van der Waals surface area contributed by atoms with Gasteiger partial charge in [-0.3, -0.25) is 0 Å². The molecule has 1 heterocycles. The molecule has 1 atom stereocenters. The number of rotatable bonds is 2. The predicted octanol–water partition coefficient (Wildman–Crippen LogP) is 3.62. The van der Waals surface area contributed by atoms with Crippen LogP contribution in [0, 0.1) is 5.92 Å². The lowest BCUT2D eigenvalue weighted by atomic mass is 9.92. The number of alkyl halides is 2. The molecule has 0 spiro atoms. The molecule has 0 unspecified atom stereocenters. The van der Waals surface area contributed by atoms with Crippen LogP contribution >= 0.6 is 12.4 Å². The van der Waals surface area contributed by atoms with E-state index < -0.39 is 6.29 Å². The van der Waals surface area contributed by atoms with Crippen molar-refractivity contribution in [2.24, 2.45) is 11.7 Å². The molecule has 0 amide bonds. The Bertz CT molecular complexity index is 464. The van der Waals surface area contributed by atoms with Crippen LogP contribution in [0.15, 0.2) is 18.2 Å². The van der Waals surface area contributed by atoms with Gasteiger partial charge in [0.05, 0.1) is 0 Å². The fourth-order valence-electron chi connectivity index (χ4n) is 2.82. The molecule has 0 aromatic heterocycles. The molecule has 3 rings (SSSR count). The van der Waals surface area contributed by atoms with Crippen LogP contribution in [-0.4, -0.2) is 6.29 Å². The number of fused-ring (bicyclic) bond motifs is 1. The first-order chi connectivity index (χ1) is 8.57. The van der Waals surface area contributed by atoms with E-state index in [-0.39, 0.29) is 29.9 Å². The van der Waals surface area contributed by atoms with Gasteiger partial charge < -0.3 is 15.2 Å². The largest absolute Gasteiger partial charge is 0.586 e. The zero-order chi connectivity index (χ0) is 12.8. The minimum absolute atomic E-state index is 0. The van der Waals surface area contributed by atoms with Gasteiger partial charge in [0.1, 0.15) is 0 Å². The maximum atomic E-state index is 13.1. The van der Waals surface area contributed by atoms with Gasteiger partial charge in [-0.1, -0.05) is 25.0 Å². The lowest BCUT2D eigenvalue weighted by molar-refractivity contribution is -0.287. The molecule has 1 aromatic carbocycles. The highest BCUT2D eigenvalue weighted by Gasteiger charge is 2.45. The summed E-state index contributed by atoms with van der Waals surface area (Å²) in [6.07, 6.45) is 0.819. The van der Waals surface area contributed by atoms with Crippen LogP contribution in [0.1, 0.15) is 37.3 Å². The van der Waals surface area contributed by atoms with Gasteiger partial charge >= 0.3 is 6.29 Å². The number of nitrogens with two attached hydrogens (primary N) is 1. The zero-order valence-electron chi connectivity index (χ0n) is 10.3. The van der Waals surface area contributed by atoms with Gasteiger partial charge in [-0.2, -0.15) is 0 Å². The summed E-state index contributed by atoms with van der Waals surface area (Å²) in [4.78, 5) is 0. The van der Waals surface area contributed by atoms with Gasteiger partial charge in [0.2, 0.25) is 0 Å². The van der Waals surface area contributed by atoms with Crippen LogP contribution in [0.4, 0.5) is 8.78 Å². The fourth-order valence-corrected chi connectivity index (χ4v) is 2.82. The molecule has 2 N–H and O–H groups in total. The Balaban J connectivity index is 0.00000133. The second kappa shape index (κ2) is 5.13. The highest BCUT2D eigenvalue weighted by molar-refractivity contribution is 5.85. The molecule has 106 valence electrons. The maximum absolute atomic E-state index is 13.1. The Hall–Kier alpha value is -1.07. The van der Waals surface area contributed by atoms with E-state index in [1.165, 1.54) is 6.07 Å². The second-order valence-corrected chi connectivity index (χ2v) is 4.91. The number of para-hydroxylation sites is 1. The van der Waals surface area contributed by atoms with Crippen LogP contribution in [0.2, 0.25) is 0 Å². The van der Waals surface area contributed by atoms with E-state index >= 15 is 0 Å². The third-order valence-corrected chi connectivity index (χ3v) is 3.73. The first-order valence-corrected chi connectivity index (χ1v) is 6.21. The van der Waals surface area contributed by atoms with Crippen molar-refractivity contribution in [3.8, 4) is 11.5 Å². The Kier molecular flexibility index (Phi) is 3.87. The minimum atomic E-state index is -3.58. The molecule has 0 saturated heterocycles. The fraction of sp³-hybridized carbons (Fsp3) is 0.538. The summed E-state index contributed by atoms with van der Waals surface area (Å²) < 4.78 is 35.2. The van der Waals surface area contributed by atoms with Crippen LogP contribution in [0.5, 0.6) is 11.5 Å². The summed E-state index contributed by atoms with van der Waals surface area (Å²) in [7, 11) is 0. The van der Waals surface area contributed by atoms with E-state index in [2.05, 4.69) is 9.47 Å². The third kappa shape index (κ3) is 2.62. The Morgan fingerprint density at radius 1 is 1.21 bits per heavy atom. The number of benzene rings is 1. The topological polar surface area (TPSA) is 44.5 Å². The average Bonchev–Trinajstić information content (AvgIpc) is 2.91. The minimum Gasteiger partial charge on any atom is -0.395 e. The molecule has 3 nitrogen and oxygen atoms in total. The Morgan fingerprint density at radius 2 is 1.89 bits per heavy atom. The van der Waals surface area contributed by atoms with E-state index in [1.807, 2.05) is 0 Å². The average molecular weight is 292 g/mol. The quantitative estimate of drug-likeness (QED) is 0.905. The van der Waals surface area contributed by atoms with Gasteiger partial charge in [0.15, 0.2) is 11.5 Å². The van der Waals surface area contributed by atoms with E-state index in [4.69, 9.17) is 5.73 Å². The van der Waals surface area contributed by atoms with Crippen LogP contribution < -0.4 is 15.2 Å². The molecule has 1 fully saturated rings. The standard InChI is InChI=1S/C13H15F2NO2.ClH/c14-13(15)17-10-7-3-6-9(12(10)18-13)11(16)8-4-1-2-5-8;/h3,6-8,11H,1-2,4-5,16H2;1H/t11-;/m0./s1. The van der Waals surface area contributed by atoms with Crippen LogP contribution in [-0.2, 0) is 0 Å². The molecule has 1 aliphatic heterocycles. The third-order valence-electron chi connectivity index (χ3n) is 3.73. The van der Waals surface area contributed by atoms with Crippen molar-refractivity contribution in [2.45, 2.75) is 38.0 Å². The van der Waals surface area contributed by atoms with Crippen molar-refractivity contribution in [2.75, 3.05) is 0 Å². The van der Waals surface area contributed by atoms with E-state index in [0.717, 1.165) is 25.7 Å². The molecule has 1 saturated carbocycles. The van der Waals surface area contributed by atoms with Crippen molar-refractivity contribution in [1.29, 1.82) is 0 Å². The highest BCUT2D eigenvalue weighted by Crippen LogP contribution is 2.47. The van der Waals surface area contributed by atoms with Gasteiger partial charge in [-0.25, -0.2) is 0 Å². The van der Waals surface area contributed by atoms with E-state index in [1.54, 1.807) is 12.1 Å². The van der Waals surface area contributed by atoms with Gasteiger partial charge in [-0.15, -0.1) is 21.2 Å². The summed E-state index contributed by atoms with van der Waals surface area (Å²) in [5.41, 5.74) is 6.80. The summed E-state index contributed by atoms with van der Waals surface area (Å²) >= 11 is 0. The summed E-state index contributed by atoms with van der Waals surface area (Å²) in [6, 6.07) is 4.63. The number of hydrogen-bond acceptors (Lipinski definition) is 3. The maximum Gasteiger partial charge on any atom is 0.586 e. The lowest BCUT2D eigenvalue weighted by Gasteiger charge is -2.20. The molecule has 19 heavy (non-hydrogen) atoms. The highest BCUT2D eigenvalue weighted by atomic mass is 35.5. The van der Waals surface area contributed by atoms with Crippen molar-refractivity contribution < 1.29 is 18.3 Å². The number of hydrogen-bond donors (Lipinski definition) is 1. The lowest BCUT2D eigenvalue weighted by Crippen LogP contribution is -2.26. The van der Waals surface area contributed by atoms with Gasteiger partial charge in [-0.05, 0) is 24.8 Å². The normalized spacial score (nSPS) is 22.1. The molecule has 1 aromatic rings. The summed E-state index contributed by atoms with van der Waals surface area (Å²) in [6.45, 7) is 0. The predicted molar refractivity (Wildman–Crippen MR) is 68.8 cm³/mol. The first kappa shape index (κ1) is 14.3. The SMILES string of the molecule is Cl.N[C@H](c1cccc2c1OC(F)(F)O2)C1CCCC1. The zero-order valence-corrected chi connectivity index (χ0v) is 11.1. The smallest absolute Gasteiger partial charge is 0.395 e. The first-order valence-electron chi connectivity index (χ1n) is 6.21. The van der Waals surface area contributed by atoms with E-state index in [9.17, 15) is 8.78 Å². The molecule has 6 heteroatoms. The van der Waals surface area contributed by atoms with Crippen LogP contribution in [0.3, 0.4) is 0 Å². The summed E-state index contributed by atoms with van der Waals surface area (Å²) in [5.74, 6) is 0.516. The molecular formula is C13H16ClF2NO2. The second-order valence-electron chi connectivity index (χ2n) is 4.91. The van der Waals surface area contributed by atoms with Crippen molar-refractivity contribution in [3.05, 3.63) is 23.8 Å². The van der Waals surface area contributed by atoms with Gasteiger partial charge in [0, 0.05) is 11.6 Å². The molecular weight excluding hydrogens is 276 g/mol. The van der Waals surface area contributed by atoms with E-state index in [0.29, 0.717) is 11.5 Å².